The predicted octanol–water partition coefficient (Wildman–Crippen LogP) is 4.26. The number of thiophene rings is 1. The molecule has 2 aromatic rings. The van der Waals surface area contributed by atoms with Crippen LogP contribution in [0.25, 0.3) is 0 Å². The Labute approximate surface area is 128 Å². The molecule has 0 fully saturated rings. The number of benzene rings is 1. The quantitative estimate of drug-likeness (QED) is 0.794. The fourth-order valence-corrected chi connectivity index (χ4v) is 3.84. The summed E-state index contributed by atoms with van der Waals surface area (Å²) in [5.74, 6) is 0.793. The van der Waals surface area contributed by atoms with Crippen molar-refractivity contribution in [3.63, 3.8) is 0 Å². The molecule has 0 radical (unpaired) electrons. The summed E-state index contributed by atoms with van der Waals surface area (Å²) in [6.45, 7) is 0. The minimum Gasteiger partial charge on any atom is -0.496 e. The van der Waals surface area contributed by atoms with Crippen LogP contribution in [0.15, 0.2) is 29.3 Å². The first-order chi connectivity index (χ1) is 10.3. The van der Waals surface area contributed by atoms with E-state index in [1.165, 1.54) is 23.3 Å². The number of hydrogen-bond acceptors (Lipinski definition) is 4. The third-order valence-corrected chi connectivity index (χ3v) is 4.92. The van der Waals surface area contributed by atoms with Gasteiger partial charge in [-0.15, -0.1) is 11.3 Å². The highest BCUT2D eigenvalue weighted by molar-refractivity contribution is 7.16. The van der Waals surface area contributed by atoms with Crippen LogP contribution in [0.5, 0.6) is 5.75 Å². The molecule has 0 saturated heterocycles. The molecule has 0 unspecified atom stereocenters. The number of fused-ring (bicyclic) bond motifs is 1. The highest BCUT2D eigenvalue weighted by atomic mass is 32.1. The van der Waals surface area contributed by atoms with Gasteiger partial charge < -0.3 is 4.74 Å². The van der Waals surface area contributed by atoms with Gasteiger partial charge >= 0.3 is 0 Å². The molecule has 0 saturated carbocycles. The van der Waals surface area contributed by atoms with Crippen molar-refractivity contribution in [2.45, 2.75) is 25.7 Å². The zero-order chi connectivity index (χ0) is 14.7. The average Bonchev–Trinajstić information content (AvgIpc) is 2.90. The molecule has 3 nitrogen and oxygen atoms in total. The summed E-state index contributed by atoms with van der Waals surface area (Å²) >= 11 is 1.66. The normalized spacial score (nSPS) is 13.9. The summed E-state index contributed by atoms with van der Waals surface area (Å²) in [4.78, 5) is 5.89. The fraction of sp³-hybridized carbons (Fsp3) is 0.294. The maximum atomic E-state index is 9.42. The SMILES string of the molecule is COc1ccccc1C=Nc1sc2c(c1C#N)CCCC2. The number of aryl methyl sites for hydroxylation is 1. The molecule has 0 bridgehead atoms. The van der Waals surface area contributed by atoms with Gasteiger partial charge in [0.05, 0.1) is 12.7 Å². The Morgan fingerprint density at radius 1 is 1.29 bits per heavy atom. The summed E-state index contributed by atoms with van der Waals surface area (Å²) < 4.78 is 5.32. The van der Waals surface area contributed by atoms with Crippen LogP contribution in [0, 0.1) is 11.3 Å². The number of ether oxygens (including phenoxy) is 1. The number of methoxy groups -OCH3 is 1. The van der Waals surface area contributed by atoms with Crippen molar-refractivity contribution < 1.29 is 4.74 Å². The zero-order valence-corrected chi connectivity index (χ0v) is 12.7. The van der Waals surface area contributed by atoms with Crippen molar-refractivity contribution in [3.05, 3.63) is 45.8 Å². The van der Waals surface area contributed by atoms with Gasteiger partial charge in [0.25, 0.3) is 0 Å². The van der Waals surface area contributed by atoms with E-state index in [1.807, 2.05) is 24.3 Å². The standard InChI is InChI=1S/C17H16N2OS/c1-20-15-8-4-2-6-12(15)11-19-17-14(10-18)13-7-3-5-9-16(13)21-17/h2,4,6,8,11H,3,5,7,9H2,1H3. The van der Waals surface area contributed by atoms with E-state index >= 15 is 0 Å². The minimum absolute atomic E-state index is 0.765. The molecule has 1 aromatic heterocycles. The van der Waals surface area contributed by atoms with Gasteiger partial charge in [0.2, 0.25) is 0 Å². The molecular weight excluding hydrogens is 280 g/mol. The van der Waals surface area contributed by atoms with E-state index in [9.17, 15) is 5.26 Å². The Morgan fingerprint density at radius 3 is 2.90 bits per heavy atom. The lowest BCUT2D eigenvalue weighted by atomic mass is 9.96. The van der Waals surface area contributed by atoms with E-state index in [0.29, 0.717) is 0 Å². The minimum atomic E-state index is 0.765. The van der Waals surface area contributed by atoms with E-state index in [-0.39, 0.29) is 0 Å². The van der Waals surface area contributed by atoms with Gasteiger partial charge in [-0.3, -0.25) is 0 Å². The Balaban J connectivity index is 1.96. The Morgan fingerprint density at radius 2 is 2.10 bits per heavy atom. The lowest BCUT2D eigenvalue weighted by molar-refractivity contribution is 0.414. The molecule has 1 aliphatic carbocycles. The first-order valence-electron chi connectivity index (χ1n) is 7.05. The predicted molar refractivity (Wildman–Crippen MR) is 85.9 cm³/mol. The van der Waals surface area contributed by atoms with E-state index in [2.05, 4.69) is 11.1 Å². The Hall–Kier alpha value is -2.12. The average molecular weight is 296 g/mol. The third kappa shape index (κ3) is 2.70. The van der Waals surface area contributed by atoms with E-state index in [4.69, 9.17) is 4.74 Å². The molecule has 1 heterocycles. The summed E-state index contributed by atoms with van der Waals surface area (Å²) in [5, 5.41) is 10.2. The maximum absolute atomic E-state index is 9.42. The second kappa shape index (κ2) is 6.11. The molecule has 0 amide bonds. The van der Waals surface area contributed by atoms with Crippen LogP contribution in [0.2, 0.25) is 0 Å². The second-order valence-corrected chi connectivity index (χ2v) is 6.09. The Bertz CT molecular complexity index is 725. The van der Waals surface area contributed by atoms with E-state index < -0.39 is 0 Å². The van der Waals surface area contributed by atoms with E-state index in [0.717, 1.165) is 34.7 Å². The van der Waals surface area contributed by atoms with Crippen molar-refractivity contribution in [2.24, 2.45) is 4.99 Å². The fourth-order valence-electron chi connectivity index (χ4n) is 2.66. The van der Waals surface area contributed by atoms with Crippen LogP contribution < -0.4 is 4.74 Å². The highest BCUT2D eigenvalue weighted by Crippen LogP contribution is 2.39. The number of rotatable bonds is 3. The molecule has 0 atom stereocenters. The molecule has 106 valence electrons. The number of nitriles is 1. The molecule has 0 aliphatic heterocycles. The summed E-state index contributed by atoms with van der Waals surface area (Å²) in [6, 6.07) is 10.1. The lowest BCUT2D eigenvalue weighted by Gasteiger charge is -2.09. The summed E-state index contributed by atoms with van der Waals surface area (Å²) in [5.41, 5.74) is 2.91. The van der Waals surface area contributed by atoms with Crippen molar-refractivity contribution in [2.75, 3.05) is 7.11 Å². The second-order valence-electron chi connectivity index (χ2n) is 5.00. The number of hydrogen-bond donors (Lipinski definition) is 0. The van der Waals surface area contributed by atoms with Gasteiger partial charge in [0.1, 0.15) is 16.8 Å². The molecule has 3 rings (SSSR count). The highest BCUT2D eigenvalue weighted by Gasteiger charge is 2.20. The van der Waals surface area contributed by atoms with Crippen LogP contribution in [-0.2, 0) is 12.8 Å². The van der Waals surface area contributed by atoms with Gasteiger partial charge in [-0.2, -0.15) is 5.26 Å². The van der Waals surface area contributed by atoms with Gasteiger partial charge in [0.15, 0.2) is 0 Å². The molecule has 4 heteroatoms. The molecule has 0 spiro atoms. The summed E-state index contributed by atoms with van der Waals surface area (Å²) in [7, 11) is 1.65. The van der Waals surface area contributed by atoms with Crippen molar-refractivity contribution >= 4 is 22.6 Å². The van der Waals surface area contributed by atoms with Gasteiger partial charge in [-0.05, 0) is 43.4 Å². The lowest BCUT2D eigenvalue weighted by Crippen LogP contribution is -1.99. The largest absolute Gasteiger partial charge is 0.496 e. The molecular formula is C17H16N2OS. The summed E-state index contributed by atoms with van der Waals surface area (Å²) in [6.07, 6.45) is 6.27. The van der Waals surface area contributed by atoms with Gasteiger partial charge in [0, 0.05) is 16.7 Å². The van der Waals surface area contributed by atoms with Gasteiger partial charge in [-0.25, -0.2) is 4.99 Å². The number of aliphatic imine (C=N–C) groups is 1. The molecule has 1 aliphatic rings. The van der Waals surface area contributed by atoms with E-state index in [1.54, 1.807) is 24.7 Å². The maximum Gasteiger partial charge on any atom is 0.134 e. The molecule has 0 N–H and O–H groups in total. The van der Waals surface area contributed by atoms with Crippen LogP contribution in [-0.4, -0.2) is 13.3 Å². The third-order valence-electron chi connectivity index (χ3n) is 3.72. The van der Waals surface area contributed by atoms with Crippen LogP contribution in [0.4, 0.5) is 5.00 Å². The van der Waals surface area contributed by atoms with Crippen LogP contribution >= 0.6 is 11.3 Å². The number of para-hydroxylation sites is 1. The first kappa shape index (κ1) is 13.8. The molecule has 21 heavy (non-hydrogen) atoms. The molecule has 1 aromatic carbocycles. The first-order valence-corrected chi connectivity index (χ1v) is 7.87. The van der Waals surface area contributed by atoms with Crippen molar-refractivity contribution in [1.82, 2.24) is 0 Å². The number of nitrogens with zero attached hydrogens (tertiary/aromatic N) is 2. The topological polar surface area (TPSA) is 45.4 Å². The monoisotopic (exact) mass is 296 g/mol. The zero-order valence-electron chi connectivity index (χ0n) is 11.9. The van der Waals surface area contributed by atoms with Crippen molar-refractivity contribution in [3.8, 4) is 11.8 Å². The van der Waals surface area contributed by atoms with Gasteiger partial charge in [-0.1, -0.05) is 12.1 Å². The smallest absolute Gasteiger partial charge is 0.134 e. The van der Waals surface area contributed by atoms with Crippen LogP contribution in [0.3, 0.4) is 0 Å². The Kier molecular flexibility index (Phi) is 4.03. The van der Waals surface area contributed by atoms with Crippen molar-refractivity contribution in [1.29, 1.82) is 5.26 Å². The van der Waals surface area contributed by atoms with Crippen LogP contribution in [0.1, 0.15) is 34.4 Å².